The van der Waals surface area contributed by atoms with Crippen LogP contribution in [-0.4, -0.2) is 14.2 Å². The van der Waals surface area contributed by atoms with E-state index in [0.29, 0.717) is 11.3 Å². The number of para-hydroxylation sites is 1. The van der Waals surface area contributed by atoms with Gasteiger partial charge in [0, 0.05) is 11.1 Å². The van der Waals surface area contributed by atoms with Crippen LogP contribution in [0.2, 0.25) is 0 Å². The Bertz CT molecular complexity index is 613. The van der Waals surface area contributed by atoms with Gasteiger partial charge in [0.1, 0.15) is 17.4 Å². The van der Waals surface area contributed by atoms with Crippen molar-refractivity contribution < 1.29 is 13.5 Å². The zero-order valence-corrected chi connectivity index (χ0v) is 11.7. The van der Waals surface area contributed by atoms with Gasteiger partial charge in [-0.05, 0) is 37.7 Å². The molecule has 0 aliphatic rings. The summed E-state index contributed by atoms with van der Waals surface area (Å²) in [5.74, 6) is -0.224. The number of aryl methyl sites for hydroxylation is 1. The molecule has 0 saturated carbocycles. The Morgan fingerprint density at radius 2 is 1.75 bits per heavy atom. The molecule has 1 unspecified atom stereocenters. The van der Waals surface area contributed by atoms with Crippen molar-refractivity contribution in [2.24, 2.45) is 0 Å². The highest BCUT2D eigenvalue weighted by atomic mass is 19.1. The van der Waals surface area contributed by atoms with Crippen LogP contribution in [0, 0.1) is 18.6 Å². The maximum atomic E-state index is 14.1. The van der Waals surface area contributed by atoms with E-state index in [0.717, 1.165) is 5.56 Å². The van der Waals surface area contributed by atoms with Crippen molar-refractivity contribution in [1.29, 1.82) is 0 Å². The van der Waals surface area contributed by atoms with Gasteiger partial charge in [0.2, 0.25) is 0 Å². The summed E-state index contributed by atoms with van der Waals surface area (Å²) in [6, 6.07) is 9.27. The molecule has 2 nitrogen and oxygen atoms in total. The van der Waals surface area contributed by atoms with E-state index in [2.05, 4.69) is 5.32 Å². The fraction of sp³-hybridized carbons (Fsp3) is 0.250. The first-order valence-electron chi connectivity index (χ1n) is 6.34. The maximum Gasteiger partial charge on any atom is 0.128 e. The van der Waals surface area contributed by atoms with Crippen LogP contribution in [0.15, 0.2) is 36.4 Å². The summed E-state index contributed by atoms with van der Waals surface area (Å²) in [4.78, 5) is 0. The molecule has 2 rings (SSSR count). The molecule has 0 aliphatic carbocycles. The highest BCUT2D eigenvalue weighted by Crippen LogP contribution is 2.31. The molecule has 20 heavy (non-hydrogen) atoms. The lowest BCUT2D eigenvalue weighted by Crippen LogP contribution is -2.20. The Hall–Kier alpha value is -1.94. The summed E-state index contributed by atoms with van der Waals surface area (Å²) in [6.45, 7) is 1.54. The summed E-state index contributed by atoms with van der Waals surface area (Å²) in [5.41, 5.74) is 1.32. The lowest BCUT2D eigenvalue weighted by Gasteiger charge is -2.20. The van der Waals surface area contributed by atoms with Crippen LogP contribution in [0.4, 0.5) is 8.78 Å². The SMILES string of the molecule is CNC(c1cc(F)c(C)cc1F)c1ccccc1OC. The Kier molecular flexibility index (Phi) is 4.35. The maximum absolute atomic E-state index is 14.1. The van der Waals surface area contributed by atoms with E-state index >= 15 is 0 Å². The molecule has 106 valence electrons. The number of halogens is 2. The number of rotatable bonds is 4. The minimum atomic E-state index is -0.471. The van der Waals surface area contributed by atoms with E-state index in [1.54, 1.807) is 27.1 Å². The van der Waals surface area contributed by atoms with E-state index in [1.165, 1.54) is 12.1 Å². The molecule has 1 N–H and O–H groups in total. The molecule has 2 aromatic rings. The van der Waals surface area contributed by atoms with E-state index < -0.39 is 17.7 Å². The summed E-state index contributed by atoms with van der Waals surface area (Å²) < 4.78 is 33.2. The second-order valence-corrected chi connectivity index (χ2v) is 4.59. The molecule has 0 heterocycles. The average Bonchev–Trinajstić information content (AvgIpc) is 2.45. The third-order valence-electron chi connectivity index (χ3n) is 3.33. The van der Waals surface area contributed by atoms with Crippen molar-refractivity contribution in [3.05, 3.63) is 64.7 Å². The van der Waals surface area contributed by atoms with Crippen LogP contribution < -0.4 is 10.1 Å². The number of benzene rings is 2. The molecule has 0 saturated heterocycles. The zero-order chi connectivity index (χ0) is 14.7. The van der Waals surface area contributed by atoms with Crippen molar-refractivity contribution in [1.82, 2.24) is 5.32 Å². The van der Waals surface area contributed by atoms with E-state index in [9.17, 15) is 8.78 Å². The average molecular weight is 277 g/mol. The van der Waals surface area contributed by atoms with Gasteiger partial charge in [-0.15, -0.1) is 0 Å². The second kappa shape index (κ2) is 6.01. The van der Waals surface area contributed by atoms with Gasteiger partial charge in [-0.25, -0.2) is 8.78 Å². The molecule has 0 aliphatic heterocycles. The van der Waals surface area contributed by atoms with E-state index in [-0.39, 0.29) is 5.56 Å². The van der Waals surface area contributed by atoms with Gasteiger partial charge < -0.3 is 10.1 Å². The number of hydrogen-bond donors (Lipinski definition) is 1. The fourth-order valence-corrected chi connectivity index (χ4v) is 2.27. The molecule has 2 aromatic carbocycles. The first-order valence-corrected chi connectivity index (χ1v) is 6.34. The highest BCUT2D eigenvalue weighted by molar-refractivity contribution is 5.42. The fourth-order valence-electron chi connectivity index (χ4n) is 2.27. The third-order valence-corrected chi connectivity index (χ3v) is 3.33. The van der Waals surface area contributed by atoms with Crippen LogP contribution in [0.25, 0.3) is 0 Å². The predicted molar refractivity (Wildman–Crippen MR) is 75.0 cm³/mol. The summed E-state index contributed by atoms with van der Waals surface area (Å²) in [6.07, 6.45) is 0. The molecule has 4 heteroatoms. The quantitative estimate of drug-likeness (QED) is 0.922. The third kappa shape index (κ3) is 2.65. The topological polar surface area (TPSA) is 21.3 Å². The van der Waals surface area contributed by atoms with Gasteiger partial charge in [0.15, 0.2) is 0 Å². The van der Waals surface area contributed by atoms with Crippen LogP contribution in [0.5, 0.6) is 5.75 Å². The standard InChI is InChI=1S/C16H17F2NO/c1-10-8-14(18)12(9-13(10)17)16(19-2)11-6-4-5-7-15(11)20-3/h4-9,16,19H,1-3H3. The number of hydrogen-bond acceptors (Lipinski definition) is 2. The second-order valence-electron chi connectivity index (χ2n) is 4.59. The molecule has 0 amide bonds. The Balaban J connectivity index is 2.55. The summed E-state index contributed by atoms with van der Waals surface area (Å²) in [5, 5.41) is 3.01. The van der Waals surface area contributed by atoms with E-state index in [4.69, 9.17) is 4.74 Å². The minimum Gasteiger partial charge on any atom is -0.496 e. The molecule has 0 fully saturated rings. The van der Waals surface area contributed by atoms with Crippen molar-refractivity contribution in [2.75, 3.05) is 14.2 Å². The predicted octanol–water partition coefficient (Wildman–Crippen LogP) is 3.59. The largest absolute Gasteiger partial charge is 0.496 e. The normalized spacial score (nSPS) is 12.2. The van der Waals surface area contributed by atoms with E-state index in [1.807, 2.05) is 18.2 Å². The van der Waals surface area contributed by atoms with Crippen molar-refractivity contribution in [2.45, 2.75) is 13.0 Å². The van der Waals surface area contributed by atoms with Crippen LogP contribution >= 0.6 is 0 Å². The molecule has 0 aromatic heterocycles. The lowest BCUT2D eigenvalue weighted by molar-refractivity contribution is 0.404. The summed E-state index contributed by atoms with van der Waals surface area (Å²) in [7, 11) is 3.26. The number of methoxy groups -OCH3 is 1. The number of ether oxygens (including phenoxy) is 1. The molecular formula is C16H17F2NO. The van der Waals surface area contributed by atoms with Crippen LogP contribution in [0.1, 0.15) is 22.7 Å². The molecule has 1 atom stereocenters. The lowest BCUT2D eigenvalue weighted by atomic mass is 9.96. The Morgan fingerprint density at radius 1 is 1.05 bits per heavy atom. The van der Waals surface area contributed by atoms with Crippen LogP contribution in [0.3, 0.4) is 0 Å². The molecule has 0 bridgehead atoms. The molecule has 0 spiro atoms. The van der Waals surface area contributed by atoms with Crippen LogP contribution in [-0.2, 0) is 0 Å². The van der Waals surface area contributed by atoms with Gasteiger partial charge in [0.25, 0.3) is 0 Å². The summed E-state index contributed by atoms with van der Waals surface area (Å²) >= 11 is 0. The monoisotopic (exact) mass is 277 g/mol. The van der Waals surface area contributed by atoms with Crippen molar-refractivity contribution in [3.63, 3.8) is 0 Å². The molecule has 0 radical (unpaired) electrons. The van der Waals surface area contributed by atoms with Gasteiger partial charge >= 0.3 is 0 Å². The number of nitrogens with one attached hydrogen (secondary N) is 1. The first-order chi connectivity index (χ1) is 9.58. The molecular weight excluding hydrogens is 260 g/mol. The minimum absolute atomic E-state index is 0.264. The van der Waals surface area contributed by atoms with Gasteiger partial charge in [0.05, 0.1) is 13.2 Å². The Labute approximate surface area is 117 Å². The van der Waals surface area contributed by atoms with Gasteiger partial charge in [-0.3, -0.25) is 0 Å². The van der Waals surface area contributed by atoms with Crippen molar-refractivity contribution >= 4 is 0 Å². The van der Waals surface area contributed by atoms with Crippen molar-refractivity contribution in [3.8, 4) is 5.75 Å². The Morgan fingerprint density at radius 3 is 2.40 bits per heavy atom. The van der Waals surface area contributed by atoms with Gasteiger partial charge in [-0.1, -0.05) is 18.2 Å². The van der Waals surface area contributed by atoms with Gasteiger partial charge in [-0.2, -0.15) is 0 Å². The smallest absolute Gasteiger partial charge is 0.128 e. The zero-order valence-electron chi connectivity index (χ0n) is 11.7. The first kappa shape index (κ1) is 14.5. The highest BCUT2D eigenvalue weighted by Gasteiger charge is 2.21.